The standard InChI is InChI=1S/C26H33Cl2FO6/c1-13(2)34-22(33)25(35-21(32)20(27)28)9-7-16-18-10-14(3)17-11-15(30)6-8-23(17,4)26(18,29)19(31)12-24(16,25)5/h6,8,11,13-14,16,18-20,31H,7,9-10,12H2,1-5H3/t14-,16-,18-,19-,23-,24-,25-,26-/m0/s1. The molecule has 0 spiro atoms. The first-order valence-electron chi connectivity index (χ1n) is 12.2. The van der Waals surface area contributed by atoms with Gasteiger partial charge in [-0.15, -0.1) is 0 Å². The van der Waals surface area contributed by atoms with E-state index in [4.69, 9.17) is 32.7 Å². The lowest BCUT2D eigenvalue weighted by Crippen LogP contribution is -2.70. The van der Waals surface area contributed by atoms with Gasteiger partial charge in [-0.2, -0.15) is 0 Å². The molecule has 4 rings (SSSR count). The van der Waals surface area contributed by atoms with E-state index in [0.717, 1.165) is 0 Å². The highest BCUT2D eigenvalue weighted by Crippen LogP contribution is 2.71. The fourth-order valence-corrected chi connectivity index (χ4v) is 7.75. The Kier molecular flexibility index (Phi) is 6.51. The van der Waals surface area contributed by atoms with Crippen molar-refractivity contribution in [3.8, 4) is 0 Å². The van der Waals surface area contributed by atoms with Gasteiger partial charge in [0.1, 0.15) is 0 Å². The number of alkyl halides is 3. The lowest BCUT2D eigenvalue weighted by atomic mass is 9.43. The summed E-state index contributed by atoms with van der Waals surface area (Å²) in [7, 11) is 0. The number of carbonyl (C=O) groups excluding carboxylic acids is 3. The van der Waals surface area contributed by atoms with Crippen molar-refractivity contribution in [3.63, 3.8) is 0 Å². The molecule has 35 heavy (non-hydrogen) atoms. The normalized spacial score (nSPS) is 44.4. The lowest BCUT2D eigenvalue weighted by molar-refractivity contribution is -0.236. The van der Waals surface area contributed by atoms with Crippen molar-refractivity contribution in [2.75, 3.05) is 0 Å². The van der Waals surface area contributed by atoms with E-state index < -0.39 is 62.9 Å². The summed E-state index contributed by atoms with van der Waals surface area (Å²) in [6, 6.07) is 0. The van der Waals surface area contributed by atoms with Gasteiger partial charge in [0, 0.05) is 16.7 Å². The second kappa shape index (κ2) is 8.56. The number of esters is 2. The highest BCUT2D eigenvalue weighted by atomic mass is 35.5. The van der Waals surface area contributed by atoms with Crippen LogP contribution in [0.2, 0.25) is 0 Å². The molecular formula is C26H33Cl2FO6. The fraction of sp³-hybridized carbons (Fsp3) is 0.731. The average molecular weight is 531 g/mol. The van der Waals surface area contributed by atoms with Crippen LogP contribution >= 0.6 is 23.2 Å². The van der Waals surface area contributed by atoms with Crippen LogP contribution < -0.4 is 0 Å². The van der Waals surface area contributed by atoms with Crippen molar-refractivity contribution in [3.05, 3.63) is 23.8 Å². The molecule has 4 aliphatic carbocycles. The second-order valence-electron chi connectivity index (χ2n) is 11.3. The Hall–Kier alpha value is -1.44. The number of fused-ring (bicyclic) bond motifs is 5. The van der Waals surface area contributed by atoms with Gasteiger partial charge < -0.3 is 14.6 Å². The van der Waals surface area contributed by atoms with E-state index in [1.54, 1.807) is 33.8 Å². The van der Waals surface area contributed by atoms with Gasteiger partial charge in [-0.1, -0.05) is 48.7 Å². The molecule has 3 fully saturated rings. The van der Waals surface area contributed by atoms with Crippen molar-refractivity contribution in [2.45, 2.75) is 88.6 Å². The highest BCUT2D eigenvalue weighted by Gasteiger charge is 2.76. The third-order valence-corrected chi connectivity index (χ3v) is 9.57. The van der Waals surface area contributed by atoms with Crippen LogP contribution in [-0.2, 0) is 23.9 Å². The number of hydrogen-bond donors (Lipinski definition) is 1. The SMILES string of the molecule is CC(C)OC(=O)[C@@]1(OC(=O)C(Cl)Cl)CC[C@H]2[C@@H]3C[C@H](C)C4=CC(=O)C=C[C@]4(C)[C@@]3(F)[C@@H](O)C[C@@]21C. The zero-order valence-electron chi connectivity index (χ0n) is 20.6. The molecule has 1 N–H and O–H groups in total. The first kappa shape index (κ1) is 26.6. The minimum absolute atomic E-state index is 0.105. The van der Waals surface area contributed by atoms with Crippen LogP contribution in [0.5, 0.6) is 0 Å². The molecular weight excluding hydrogens is 498 g/mol. The van der Waals surface area contributed by atoms with Gasteiger partial charge in [-0.25, -0.2) is 14.0 Å². The molecule has 0 aromatic rings. The Balaban J connectivity index is 1.83. The van der Waals surface area contributed by atoms with Crippen molar-refractivity contribution >= 4 is 40.9 Å². The molecule has 0 aromatic heterocycles. The first-order chi connectivity index (χ1) is 16.1. The van der Waals surface area contributed by atoms with Crippen molar-refractivity contribution < 1.29 is 33.4 Å². The summed E-state index contributed by atoms with van der Waals surface area (Å²) in [6.07, 6.45) is 3.20. The maximum atomic E-state index is 17.4. The summed E-state index contributed by atoms with van der Waals surface area (Å²) >= 11 is 11.5. The third-order valence-electron chi connectivity index (χ3n) is 9.21. The third kappa shape index (κ3) is 3.55. The van der Waals surface area contributed by atoms with Crippen LogP contribution in [0.15, 0.2) is 23.8 Å². The molecule has 0 amide bonds. The summed E-state index contributed by atoms with van der Waals surface area (Å²) in [5, 5.41) is 11.5. The number of halogens is 3. The van der Waals surface area contributed by atoms with Gasteiger partial charge in [-0.05, 0) is 70.4 Å². The zero-order chi connectivity index (χ0) is 26.1. The molecule has 0 heterocycles. The van der Waals surface area contributed by atoms with Gasteiger partial charge in [-0.3, -0.25) is 4.79 Å². The Bertz CT molecular complexity index is 1010. The fourth-order valence-electron chi connectivity index (χ4n) is 7.66. The number of aliphatic hydroxyl groups is 1. The number of allylic oxidation sites excluding steroid dienone is 4. The van der Waals surface area contributed by atoms with Crippen LogP contribution in [0, 0.1) is 28.6 Å². The molecule has 0 aliphatic heterocycles. The number of ketones is 1. The predicted octanol–water partition coefficient (Wildman–Crippen LogP) is 4.64. The Labute approximate surface area is 215 Å². The molecule has 0 bridgehead atoms. The van der Waals surface area contributed by atoms with Crippen molar-refractivity contribution in [1.82, 2.24) is 0 Å². The van der Waals surface area contributed by atoms with Crippen molar-refractivity contribution in [1.29, 1.82) is 0 Å². The summed E-state index contributed by atoms with van der Waals surface area (Å²) in [5.41, 5.74) is -5.46. The van der Waals surface area contributed by atoms with Crippen LogP contribution in [0.25, 0.3) is 0 Å². The number of aliphatic hydroxyl groups excluding tert-OH is 1. The molecule has 0 radical (unpaired) electrons. The Morgan fingerprint density at radius 3 is 2.49 bits per heavy atom. The molecule has 4 aliphatic rings. The van der Waals surface area contributed by atoms with E-state index in [0.29, 0.717) is 18.4 Å². The summed E-state index contributed by atoms with van der Waals surface area (Å²) in [6.45, 7) is 8.82. The van der Waals surface area contributed by atoms with Crippen LogP contribution in [0.3, 0.4) is 0 Å². The van der Waals surface area contributed by atoms with Crippen LogP contribution in [0.1, 0.15) is 60.3 Å². The maximum Gasteiger partial charge on any atom is 0.351 e. The number of hydrogen-bond acceptors (Lipinski definition) is 6. The summed E-state index contributed by atoms with van der Waals surface area (Å²) in [5.74, 6) is -3.09. The lowest BCUT2D eigenvalue weighted by Gasteiger charge is -2.63. The molecule has 9 heteroatoms. The van der Waals surface area contributed by atoms with Crippen molar-refractivity contribution in [2.24, 2.45) is 28.6 Å². The maximum absolute atomic E-state index is 17.4. The van der Waals surface area contributed by atoms with E-state index in [-0.39, 0.29) is 24.5 Å². The second-order valence-corrected chi connectivity index (χ2v) is 12.4. The monoisotopic (exact) mass is 530 g/mol. The zero-order valence-corrected chi connectivity index (χ0v) is 22.2. The van der Waals surface area contributed by atoms with E-state index in [1.165, 1.54) is 12.2 Å². The Morgan fingerprint density at radius 2 is 1.89 bits per heavy atom. The van der Waals surface area contributed by atoms with E-state index in [9.17, 15) is 19.5 Å². The Morgan fingerprint density at radius 1 is 1.23 bits per heavy atom. The molecule has 0 saturated heterocycles. The first-order valence-corrected chi connectivity index (χ1v) is 13.1. The van der Waals surface area contributed by atoms with Gasteiger partial charge in [0.05, 0.1) is 12.2 Å². The molecule has 194 valence electrons. The molecule has 0 unspecified atom stereocenters. The van der Waals surface area contributed by atoms with Gasteiger partial charge in [0.25, 0.3) is 0 Å². The number of carbonyl (C=O) groups is 3. The van der Waals surface area contributed by atoms with Crippen LogP contribution in [-0.4, -0.2) is 51.1 Å². The van der Waals surface area contributed by atoms with E-state index in [2.05, 4.69) is 0 Å². The highest BCUT2D eigenvalue weighted by molar-refractivity contribution is 6.53. The molecule has 8 atom stereocenters. The quantitative estimate of drug-likeness (QED) is 0.420. The van der Waals surface area contributed by atoms with Gasteiger partial charge >= 0.3 is 11.9 Å². The topological polar surface area (TPSA) is 89.9 Å². The molecule has 0 aromatic carbocycles. The van der Waals surface area contributed by atoms with Gasteiger partial charge in [0.15, 0.2) is 11.5 Å². The minimum atomic E-state index is -2.07. The largest absolute Gasteiger partial charge is 0.460 e. The van der Waals surface area contributed by atoms with E-state index in [1.807, 2.05) is 6.92 Å². The molecule has 3 saturated carbocycles. The number of rotatable bonds is 4. The summed E-state index contributed by atoms with van der Waals surface area (Å²) in [4.78, 5) is 36.7. The molecule has 6 nitrogen and oxygen atoms in total. The van der Waals surface area contributed by atoms with E-state index >= 15 is 4.39 Å². The minimum Gasteiger partial charge on any atom is -0.460 e. The predicted molar refractivity (Wildman–Crippen MR) is 128 cm³/mol. The van der Waals surface area contributed by atoms with Crippen LogP contribution in [0.4, 0.5) is 4.39 Å². The average Bonchev–Trinajstić information content (AvgIpc) is 3.04. The number of ether oxygens (including phenoxy) is 2. The van der Waals surface area contributed by atoms with Gasteiger partial charge in [0.2, 0.25) is 10.4 Å². The summed E-state index contributed by atoms with van der Waals surface area (Å²) < 4.78 is 28.7. The smallest absolute Gasteiger partial charge is 0.351 e.